The first-order chi connectivity index (χ1) is 18.3. The van der Waals surface area contributed by atoms with Gasteiger partial charge in [-0.1, -0.05) is 60.7 Å². The number of fused-ring (bicyclic) bond motifs is 1. The van der Waals surface area contributed by atoms with Gasteiger partial charge in [0.2, 0.25) is 0 Å². The quantitative estimate of drug-likeness (QED) is 0.393. The highest BCUT2D eigenvalue weighted by molar-refractivity contribution is 5.83. The standard InChI is InChI=1S/C29H34N6O3/c1-29(2,3)38-28(37)33-16-10-15-23(19-33)35-26-24(32-27(35)36)25(30-20-31-26)34(17-21-11-6-4-7-12-21)18-22-13-8-5-9-14-22/h4-9,11-14,20,23H,10,15-19H2,1-3H3,(H,32,36)/t23-/m1/s1. The Kier molecular flexibility index (Phi) is 7.18. The molecule has 1 N–H and O–H groups in total. The zero-order valence-electron chi connectivity index (χ0n) is 22.1. The SMILES string of the molecule is CC(C)(C)OC(=O)N1CCC[C@@H](n2c(=O)[nH]c3c(N(Cc4ccccc4)Cc4ccccc4)ncnc32)C1. The Hall–Kier alpha value is -4.14. The van der Waals surface area contributed by atoms with Crippen molar-refractivity contribution in [3.63, 3.8) is 0 Å². The lowest BCUT2D eigenvalue weighted by atomic mass is 10.1. The van der Waals surface area contributed by atoms with Crippen molar-refractivity contribution >= 4 is 23.1 Å². The number of imidazole rings is 1. The van der Waals surface area contributed by atoms with Crippen LogP contribution in [0, 0.1) is 0 Å². The van der Waals surface area contributed by atoms with E-state index in [0.29, 0.717) is 43.2 Å². The van der Waals surface area contributed by atoms with Gasteiger partial charge in [-0.3, -0.25) is 4.57 Å². The Bertz CT molecular complexity index is 1400. The van der Waals surface area contributed by atoms with Crippen LogP contribution in [0.4, 0.5) is 10.6 Å². The summed E-state index contributed by atoms with van der Waals surface area (Å²) >= 11 is 0. The van der Waals surface area contributed by atoms with Crippen molar-refractivity contribution < 1.29 is 9.53 Å². The Labute approximate surface area is 222 Å². The molecule has 9 heteroatoms. The Balaban J connectivity index is 1.49. The first-order valence-corrected chi connectivity index (χ1v) is 13.0. The van der Waals surface area contributed by atoms with Crippen LogP contribution in [-0.4, -0.2) is 49.2 Å². The Morgan fingerprint density at radius 3 is 2.26 bits per heavy atom. The summed E-state index contributed by atoms with van der Waals surface area (Å²) in [4.78, 5) is 42.1. The molecule has 1 fully saturated rings. The number of piperidine rings is 1. The number of aromatic nitrogens is 4. The second-order valence-electron chi connectivity index (χ2n) is 10.7. The molecule has 1 saturated heterocycles. The minimum absolute atomic E-state index is 0.211. The predicted molar refractivity (Wildman–Crippen MR) is 147 cm³/mol. The van der Waals surface area contributed by atoms with Crippen molar-refractivity contribution in [3.8, 4) is 0 Å². The van der Waals surface area contributed by atoms with E-state index in [1.54, 1.807) is 9.47 Å². The van der Waals surface area contributed by atoms with E-state index in [1.165, 1.54) is 6.33 Å². The second kappa shape index (κ2) is 10.7. The molecule has 4 aromatic rings. The smallest absolute Gasteiger partial charge is 0.410 e. The van der Waals surface area contributed by atoms with Gasteiger partial charge in [0, 0.05) is 26.2 Å². The number of H-pyrrole nitrogens is 1. The topological polar surface area (TPSA) is 96.3 Å². The van der Waals surface area contributed by atoms with E-state index < -0.39 is 5.60 Å². The van der Waals surface area contributed by atoms with Crippen molar-refractivity contribution in [2.45, 2.75) is 58.3 Å². The monoisotopic (exact) mass is 514 g/mol. The minimum Gasteiger partial charge on any atom is -0.444 e. The van der Waals surface area contributed by atoms with Crippen LogP contribution in [0.25, 0.3) is 11.2 Å². The third-order valence-corrected chi connectivity index (χ3v) is 6.63. The third kappa shape index (κ3) is 5.72. The number of anilines is 1. The molecule has 1 atom stereocenters. The highest BCUT2D eigenvalue weighted by atomic mass is 16.6. The van der Waals surface area contributed by atoms with Crippen LogP contribution in [0.2, 0.25) is 0 Å². The maximum absolute atomic E-state index is 13.3. The zero-order valence-corrected chi connectivity index (χ0v) is 22.1. The minimum atomic E-state index is -0.579. The number of hydrogen-bond acceptors (Lipinski definition) is 6. The molecular weight excluding hydrogens is 480 g/mol. The number of amides is 1. The highest BCUT2D eigenvalue weighted by Gasteiger charge is 2.31. The van der Waals surface area contributed by atoms with E-state index in [2.05, 4.69) is 44.1 Å². The van der Waals surface area contributed by atoms with Gasteiger partial charge in [0.05, 0.1) is 6.04 Å². The normalized spacial score (nSPS) is 16.0. The van der Waals surface area contributed by atoms with E-state index >= 15 is 0 Å². The lowest BCUT2D eigenvalue weighted by molar-refractivity contribution is 0.0172. The van der Waals surface area contributed by atoms with Gasteiger partial charge in [-0.05, 0) is 44.7 Å². The number of nitrogens with one attached hydrogen (secondary N) is 1. The fraction of sp³-hybridized carbons (Fsp3) is 0.379. The summed E-state index contributed by atoms with van der Waals surface area (Å²) in [5.41, 5.74) is 2.58. The van der Waals surface area contributed by atoms with Gasteiger partial charge in [-0.15, -0.1) is 0 Å². The van der Waals surface area contributed by atoms with E-state index in [-0.39, 0.29) is 17.8 Å². The van der Waals surface area contributed by atoms with Crippen LogP contribution in [-0.2, 0) is 17.8 Å². The largest absolute Gasteiger partial charge is 0.444 e. The number of benzene rings is 2. The Morgan fingerprint density at radius 2 is 1.66 bits per heavy atom. The highest BCUT2D eigenvalue weighted by Crippen LogP contribution is 2.28. The average molecular weight is 515 g/mol. The molecule has 1 amide bonds. The van der Waals surface area contributed by atoms with E-state index in [4.69, 9.17) is 4.74 Å². The molecule has 5 rings (SSSR count). The van der Waals surface area contributed by atoms with Gasteiger partial charge in [-0.2, -0.15) is 0 Å². The molecule has 0 spiro atoms. The summed E-state index contributed by atoms with van der Waals surface area (Å²) in [5.74, 6) is 0.665. The van der Waals surface area contributed by atoms with Gasteiger partial charge in [-0.25, -0.2) is 19.6 Å². The average Bonchev–Trinajstić information content (AvgIpc) is 3.24. The van der Waals surface area contributed by atoms with Crippen molar-refractivity contribution in [1.29, 1.82) is 0 Å². The maximum Gasteiger partial charge on any atom is 0.410 e. The second-order valence-corrected chi connectivity index (χ2v) is 10.7. The first-order valence-electron chi connectivity index (χ1n) is 13.0. The third-order valence-electron chi connectivity index (χ3n) is 6.63. The number of aromatic amines is 1. The molecule has 0 radical (unpaired) electrons. The van der Waals surface area contributed by atoms with Crippen LogP contribution in [0.1, 0.15) is 50.8 Å². The number of carbonyl (C=O) groups excluding carboxylic acids is 1. The molecular formula is C29H34N6O3. The van der Waals surface area contributed by atoms with Crippen LogP contribution < -0.4 is 10.6 Å². The van der Waals surface area contributed by atoms with Crippen LogP contribution >= 0.6 is 0 Å². The molecule has 2 aromatic heterocycles. The zero-order chi connectivity index (χ0) is 26.7. The molecule has 0 bridgehead atoms. The number of carbonyl (C=O) groups is 1. The predicted octanol–water partition coefficient (Wildman–Crippen LogP) is 4.90. The summed E-state index contributed by atoms with van der Waals surface area (Å²) in [7, 11) is 0. The molecule has 0 saturated carbocycles. The summed E-state index contributed by atoms with van der Waals surface area (Å²) in [6.07, 6.45) is 2.69. The van der Waals surface area contributed by atoms with Crippen molar-refractivity contribution in [1.82, 2.24) is 24.4 Å². The number of rotatable bonds is 6. The molecule has 1 aliphatic rings. The number of likely N-dealkylation sites (tertiary alicyclic amines) is 1. The number of ether oxygens (including phenoxy) is 1. The van der Waals surface area contributed by atoms with Gasteiger partial charge in [0.1, 0.15) is 17.4 Å². The van der Waals surface area contributed by atoms with Crippen LogP contribution in [0.15, 0.2) is 71.8 Å². The maximum atomic E-state index is 13.3. The summed E-state index contributed by atoms with van der Waals surface area (Å²) in [5, 5.41) is 0. The van der Waals surface area contributed by atoms with E-state index in [1.807, 2.05) is 57.2 Å². The summed E-state index contributed by atoms with van der Waals surface area (Å²) < 4.78 is 7.26. The van der Waals surface area contributed by atoms with E-state index in [9.17, 15) is 9.59 Å². The number of nitrogens with zero attached hydrogens (tertiary/aromatic N) is 5. The van der Waals surface area contributed by atoms with Gasteiger partial charge in [0.25, 0.3) is 0 Å². The summed E-state index contributed by atoms with van der Waals surface area (Å²) in [6.45, 7) is 7.78. The molecule has 3 heterocycles. The fourth-order valence-corrected chi connectivity index (χ4v) is 4.97. The first kappa shape index (κ1) is 25.5. The van der Waals surface area contributed by atoms with Crippen molar-refractivity contribution in [2.24, 2.45) is 0 Å². The molecule has 2 aromatic carbocycles. The molecule has 198 valence electrons. The lowest BCUT2D eigenvalue weighted by Crippen LogP contribution is -2.44. The molecule has 38 heavy (non-hydrogen) atoms. The van der Waals surface area contributed by atoms with E-state index in [0.717, 1.165) is 24.0 Å². The van der Waals surface area contributed by atoms with Gasteiger partial charge in [0.15, 0.2) is 11.5 Å². The Morgan fingerprint density at radius 1 is 1.03 bits per heavy atom. The number of hydrogen-bond donors (Lipinski definition) is 1. The van der Waals surface area contributed by atoms with Crippen molar-refractivity contribution in [3.05, 3.63) is 88.6 Å². The lowest BCUT2D eigenvalue weighted by Gasteiger charge is -2.34. The molecule has 0 aliphatic carbocycles. The molecule has 9 nitrogen and oxygen atoms in total. The van der Waals surface area contributed by atoms with Gasteiger partial charge < -0.3 is 19.5 Å². The van der Waals surface area contributed by atoms with Gasteiger partial charge >= 0.3 is 11.8 Å². The molecule has 0 unspecified atom stereocenters. The molecule has 1 aliphatic heterocycles. The van der Waals surface area contributed by atoms with Crippen molar-refractivity contribution in [2.75, 3.05) is 18.0 Å². The van der Waals surface area contributed by atoms with Crippen LogP contribution in [0.5, 0.6) is 0 Å². The summed E-state index contributed by atoms with van der Waals surface area (Å²) in [6, 6.07) is 20.2. The fourth-order valence-electron chi connectivity index (χ4n) is 4.97. The van der Waals surface area contributed by atoms with Crippen LogP contribution in [0.3, 0.4) is 0 Å².